The van der Waals surface area contributed by atoms with Gasteiger partial charge in [0, 0.05) is 23.9 Å². The fourth-order valence-corrected chi connectivity index (χ4v) is 3.49. The molecule has 1 aliphatic rings. The van der Waals surface area contributed by atoms with Gasteiger partial charge in [0.05, 0.1) is 30.2 Å². The summed E-state index contributed by atoms with van der Waals surface area (Å²) in [7, 11) is 1.57. The number of ether oxygens (including phenoxy) is 3. The number of aromatic nitrogens is 4. The molecule has 30 heavy (non-hydrogen) atoms. The number of imidazole rings is 1. The molecule has 152 valence electrons. The summed E-state index contributed by atoms with van der Waals surface area (Å²) in [5, 5.41) is 15.6. The molecule has 0 saturated carbocycles. The summed E-state index contributed by atoms with van der Waals surface area (Å²) in [5.41, 5.74) is 2.62. The zero-order valence-corrected chi connectivity index (χ0v) is 16.7. The first kappa shape index (κ1) is 18.7. The van der Waals surface area contributed by atoms with Gasteiger partial charge in [0.25, 0.3) is 0 Å². The van der Waals surface area contributed by atoms with E-state index >= 15 is 0 Å². The smallest absolute Gasteiger partial charge is 0.212 e. The van der Waals surface area contributed by atoms with E-state index in [4.69, 9.17) is 25.8 Å². The van der Waals surface area contributed by atoms with Crippen molar-refractivity contribution < 1.29 is 19.3 Å². The van der Waals surface area contributed by atoms with Gasteiger partial charge in [-0.2, -0.15) is 5.10 Å². The molecule has 3 aromatic heterocycles. The van der Waals surface area contributed by atoms with Crippen LogP contribution in [0, 0.1) is 0 Å². The second-order valence-corrected chi connectivity index (χ2v) is 7.22. The van der Waals surface area contributed by atoms with E-state index < -0.39 is 6.10 Å². The predicted molar refractivity (Wildman–Crippen MR) is 108 cm³/mol. The van der Waals surface area contributed by atoms with Crippen LogP contribution in [0.1, 0.15) is 29.0 Å². The summed E-state index contributed by atoms with van der Waals surface area (Å²) in [6, 6.07) is 10.7. The zero-order chi connectivity index (χ0) is 20.7. The van der Waals surface area contributed by atoms with Crippen molar-refractivity contribution in [1.82, 2.24) is 19.6 Å². The van der Waals surface area contributed by atoms with Gasteiger partial charge in [-0.1, -0.05) is 17.7 Å². The number of methoxy groups -OCH3 is 1. The number of pyridine rings is 1. The van der Waals surface area contributed by atoms with Crippen LogP contribution < -0.4 is 14.2 Å². The standard InChI is InChI=1S/C21H17ClN4O4/c1-28-20-5-3-13(8-24-20)18-11-29-17-6-12(2-4-16(17)30-18)21(27)15-10-23-19-7-14(22)9-25-26(15)19/h2-10,18,21,27H,11H2,1H3. The maximum Gasteiger partial charge on any atom is 0.212 e. The van der Waals surface area contributed by atoms with E-state index in [-0.39, 0.29) is 6.10 Å². The molecule has 2 atom stereocenters. The summed E-state index contributed by atoms with van der Waals surface area (Å²) in [4.78, 5) is 8.47. The van der Waals surface area contributed by atoms with Gasteiger partial charge in [0.2, 0.25) is 5.88 Å². The molecule has 2 unspecified atom stereocenters. The summed E-state index contributed by atoms with van der Waals surface area (Å²) < 4.78 is 18.6. The molecule has 8 nitrogen and oxygen atoms in total. The SMILES string of the molecule is COc1ccc(C2COc3cc(C(O)c4cnc5cc(Cl)cnn45)ccc3O2)cn1. The normalized spacial score (nSPS) is 16.4. The Bertz CT molecular complexity index is 1210. The number of rotatable bonds is 4. The number of hydrogen-bond acceptors (Lipinski definition) is 7. The minimum atomic E-state index is -0.939. The molecule has 0 fully saturated rings. The Kier molecular flexibility index (Phi) is 4.65. The van der Waals surface area contributed by atoms with Crippen LogP contribution in [0.2, 0.25) is 5.02 Å². The number of aliphatic hydroxyl groups is 1. The van der Waals surface area contributed by atoms with Crippen LogP contribution in [0.25, 0.3) is 5.65 Å². The second-order valence-electron chi connectivity index (χ2n) is 6.79. The van der Waals surface area contributed by atoms with E-state index in [2.05, 4.69) is 15.1 Å². The molecular formula is C21H17ClN4O4. The van der Waals surface area contributed by atoms with Crippen molar-refractivity contribution >= 4 is 17.2 Å². The first-order valence-corrected chi connectivity index (χ1v) is 9.61. The lowest BCUT2D eigenvalue weighted by Gasteiger charge is -2.27. The summed E-state index contributed by atoms with van der Waals surface area (Å²) in [5.74, 6) is 1.70. The monoisotopic (exact) mass is 424 g/mol. The average Bonchev–Trinajstić information content (AvgIpc) is 3.21. The van der Waals surface area contributed by atoms with Gasteiger partial charge in [-0.15, -0.1) is 0 Å². The topological polar surface area (TPSA) is 91.0 Å². The highest BCUT2D eigenvalue weighted by Gasteiger charge is 2.25. The molecule has 0 amide bonds. The van der Waals surface area contributed by atoms with Crippen molar-refractivity contribution in [2.45, 2.75) is 12.2 Å². The van der Waals surface area contributed by atoms with E-state index in [1.807, 2.05) is 6.07 Å². The van der Waals surface area contributed by atoms with Gasteiger partial charge < -0.3 is 19.3 Å². The van der Waals surface area contributed by atoms with Crippen LogP contribution in [0.5, 0.6) is 17.4 Å². The molecule has 0 aliphatic carbocycles. The van der Waals surface area contributed by atoms with E-state index in [0.29, 0.717) is 45.9 Å². The Labute approximate surface area is 176 Å². The van der Waals surface area contributed by atoms with Crippen molar-refractivity contribution in [3.8, 4) is 17.4 Å². The lowest BCUT2D eigenvalue weighted by Crippen LogP contribution is -2.22. The molecule has 1 aliphatic heterocycles. The third kappa shape index (κ3) is 3.30. The van der Waals surface area contributed by atoms with Gasteiger partial charge in [0.15, 0.2) is 23.3 Å². The molecule has 0 saturated heterocycles. The van der Waals surface area contributed by atoms with Crippen LogP contribution in [0.3, 0.4) is 0 Å². The Morgan fingerprint density at radius 1 is 1.13 bits per heavy atom. The summed E-state index contributed by atoms with van der Waals surface area (Å²) >= 11 is 5.96. The third-order valence-electron chi connectivity index (χ3n) is 4.92. The molecule has 0 bridgehead atoms. The molecule has 1 N–H and O–H groups in total. The van der Waals surface area contributed by atoms with Crippen molar-refractivity contribution in [1.29, 1.82) is 0 Å². The van der Waals surface area contributed by atoms with Crippen LogP contribution in [-0.2, 0) is 0 Å². The van der Waals surface area contributed by atoms with E-state index in [1.54, 1.807) is 54.4 Å². The van der Waals surface area contributed by atoms with Gasteiger partial charge in [-0.3, -0.25) is 0 Å². The highest BCUT2D eigenvalue weighted by Crippen LogP contribution is 2.39. The van der Waals surface area contributed by atoms with Crippen molar-refractivity contribution in [3.05, 3.63) is 76.8 Å². The fourth-order valence-electron chi connectivity index (χ4n) is 3.35. The van der Waals surface area contributed by atoms with Crippen LogP contribution in [0.15, 0.2) is 55.0 Å². The molecule has 0 radical (unpaired) electrons. The van der Waals surface area contributed by atoms with E-state index in [9.17, 15) is 5.11 Å². The van der Waals surface area contributed by atoms with Crippen molar-refractivity contribution in [3.63, 3.8) is 0 Å². The second kappa shape index (κ2) is 7.47. The van der Waals surface area contributed by atoms with E-state index in [0.717, 1.165) is 5.56 Å². The number of aliphatic hydroxyl groups excluding tert-OH is 1. The van der Waals surface area contributed by atoms with Gasteiger partial charge in [0.1, 0.15) is 12.7 Å². The predicted octanol–water partition coefficient (Wildman–Crippen LogP) is 3.38. The molecule has 4 heterocycles. The van der Waals surface area contributed by atoms with E-state index in [1.165, 1.54) is 6.20 Å². The minimum absolute atomic E-state index is 0.278. The third-order valence-corrected chi connectivity index (χ3v) is 5.12. The molecule has 1 aromatic carbocycles. The maximum atomic E-state index is 10.9. The lowest BCUT2D eigenvalue weighted by atomic mass is 10.1. The number of nitrogens with zero attached hydrogens (tertiary/aromatic N) is 4. The Balaban J connectivity index is 1.39. The van der Waals surface area contributed by atoms with Crippen molar-refractivity contribution in [2.75, 3.05) is 13.7 Å². The largest absolute Gasteiger partial charge is 0.485 e. The first-order chi connectivity index (χ1) is 14.6. The zero-order valence-electron chi connectivity index (χ0n) is 15.9. The van der Waals surface area contributed by atoms with Crippen LogP contribution in [-0.4, -0.2) is 38.4 Å². The fraction of sp³-hybridized carbons (Fsp3) is 0.190. The molecular weight excluding hydrogens is 408 g/mol. The molecule has 0 spiro atoms. The molecule has 5 rings (SSSR count). The Hall–Kier alpha value is -3.36. The summed E-state index contributed by atoms with van der Waals surface area (Å²) in [6.07, 6.45) is 3.57. The average molecular weight is 425 g/mol. The number of benzene rings is 1. The summed E-state index contributed by atoms with van der Waals surface area (Å²) in [6.45, 7) is 0.330. The van der Waals surface area contributed by atoms with Crippen molar-refractivity contribution in [2.24, 2.45) is 0 Å². The highest BCUT2D eigenvalue weighted by atomic mass is 35.5. The van der Waals surface area contributed by atoms with Gasteiger partial charge in [-0.05, 0) is 23.8 Å². The number of hydrogen-bond donors (Lipinski definition) is 1. The van der Waals surface area contributed by atoms with Gasteiger partial charge in [-0.25, -0.2) is 14.5 Å². The molecule has 9 heteroatoms. The quantitative estimate of drug-likeness (QED) is 0.537. The Morgan fingerprint density at radius 2 is 2.03 bits per heavy atom. The lowest BCUT2D eigenvalue weighted by molar-refractivity contribution is 0.0904. The van der Waals surface area contributed by atoms with Crippen LogP contribution >= 0.6 is 11.6 Å². The number of fused-ring (bicyclic) bond motifs is 2. The van der Waals surface area contributed by atoms with Gasteiger partial charge >= 0.3 is 0 Å². The first-order valence-electron chi connectivity index (χ1n) is 9.23. The molecule has 4 aromatic rings. The minimum Gasteiger partial charge on any atom is -0.485 e. The Morgan fingerprint density at radius 3 is 2.83 bits per heavy atom. The number of halogens is 1. The maximum absolute atomic E-state index is 10.9. The van der Waals surface area contributed by atoms with Crippen LogP contribution in [0.4, 0.5) is 0 Å². The highest BCUT2D eigenvalue weighted by molar-refractivity contribution is 6.30.